The van der Waals surface area contributed by atoms with Crippen LogP contribution in [0.1, 0.15) is 36.4 Å². The molecule has 5 heteroatoms. The number of ether oxygens (including phenoxy) is 1. The van der Waals surface area contributed by atoms with E-state index >= 15 is 0 Å². The van der Waals surface area contributed by atoms with Crippen LogP contribution >= 0.6 is 0 Å². The molecule has 2 aromatic rings. The van der Waals surface area contributed by atoms with Gasteiger partial charge in [0.2, 0.25) is 5.88 Å². The molecular formula is C23H26N2O3. The molecule has 1 unspecified atom stereocenters. The Labute approximate surface area is 165 Å². The second-order valence-electron chi connectivity index (χ2n) is 7.38. The predicted molar refractivity (Wildman–Crippen MR) is 109 cm³/mol. The van der Waals surface area contributed by atoms with Crippen molar-refractivity contribution >= 4 is 11.8 Å². The van der Waals surface area contributed by atoms with Crippen molar-refractivity contribution in [3.8, 4) is 0 Å². The first kappa shape index (κ1) is 18.6. The van der Waals surface area contributed by atoms with Gasteiger partial charge in [-0.2, -0.15) is 0 Å². The second-order valence-corrected chi connectivity index (χ2v) is 7.38. The number of nitrogens with zero attached hydrogens (tertiary/aromatic N) is 2. The number of likely N-dealkylation sites (tertiary alicyclic amines) is 1. The lowest BCUT2D eigenvalue weighted by atomic mass is 9.97. The highest BCUT2D eigenvalue weighted by atomic mass is 16.7. The van der Waals surface area contributed by atoms with Gasteiger partial charge in [0.15, 0.2) is 0 Å². The Morgan fingerprint density at radius 2 is 1.75 bits per heavy atom. The average molecular weight is 378 g/mol. The van der Waals surface area contributed by atoms with Crippen LogP contribution in [0.5, 0.6) is 0 Å². The van der Waals surface area contributed by atoms with E-state index in [2.05, 4.69) is 34.1 Å². The molecule has 0 bridgehead atoms. The summed E-state index contributed by atoms with van der Waals surface area (Å²) >= 11 is 0. The summed E-state index contributed by atoms with van der Waals surface area (Å²) in [5.41, 5.74) is 3.37. The van der Waals surface area contributed by atoms with E-state index in [0.29, 0.717) is 12.3 Å². The third-order valence-electron chi connectivity index (χ3n) is 5.59. The number of fused-ring (bicyclic) bond motifs is 1. The minimum Gasteiger partial charge on any atom is -0.449 e. The van der Waals surface area contributed by atoms with E-state index in [0.717, 1.165) is 31.7 Å². The summed E-state index contributed by atoms with van der Waals surface area (Å²) in [7, 11) is 0. The van der Waals surface area contributed by atoms with Gasteiger partial charge in [-0.05, 0) is 62.0 Å². The molecule has 28 heavy (non-hydrogen) atoms. The van der Waals surface area contributed by atoms with E-state index in [9.17, 15) is 9.90 Å². The molecule has 5 nitrogen and oxygen atoms in total. The van der Waals surface area contributed by atoms with Crippen molar-refractivity contribution < 1.29 is 14.6 Å². The number of carbonyl (C=O) groups is 1. The van der Waals surface area contributed by atoms with Crippen LogP contribution in [0, 0.1) is 0 Å². The van der Waals surface area contributed by atoms with Crippen LogP contribution < -0.4 is 4.90 Å². The third-order valence-corrected chi connectivity index (χ3v) is 5.59. The van der Waals surface area contributed by atoms with Crippen molar-refractivity contribution in [3.05, 3.63) is 77.7 Å². The molecule has 0 amide bonds. The Bertz CT molecular complexity index is 844. The average Bonchev–Trinajstić information content (AvgIpc) is 3.23. The van der Waals surface area contributed by atoms with Crippen molar-refractivity contribution in [2.45, 2.75) is 31.7 Å². The smallest absolute Gasteiger partial charge is 0.449 e. The summed E-state index contributed by atoms with van der Waals surface area (Å²) in [4.78, 5) is 15.9. The zero-order valence-corrected chi connectivity index (χ0v) is 16.0. The molecule has 4 rings (SSSR count). The van der Waals surface area contributed by atoms with E-state index in [-0.39, 0.29) is 6.04 Å². The van der Waals surface area contributed by atoms with E-state index in [4.69, 9.17) is 4.74 Å². The Balaban J connectivity index is 1.70. The van der Waals surface area contributed by atoms with Crippen molar-refractivity contribution in [1.82, 2.24) is 4.90 Å². The highest BCUT2D eigenvalue weighted by Gasteiger charge is 2.31. The van der Waals surface area contributed by atoms with Crippen molar-refractivity contribution in [2.24, 2.45) is 0 Å². The molecule has 2 aliphatic heterocycles. The van der Waals surface area contributed by atoms with Gasteiger partial charge in [-0.1, -0.05) is 48.5 Å². The molecule has 2 aromatic carbocycles. The van der Waals surface area contributed by atoms with E-state index in [1.807, 2.05) is 36.4 Å². The number of rotatable bonds is 6. The summed E-state index contributed by atoms with van der Waals surface area (Å²) in [6.07, 6.45) is 4.69. The molecule has 0 aromatic heterocycles. The molecule has 0 saturated carbocycles. The lowest BCUT2D eigenvalue weighted by Crippen LogP contribution is -2.35. The largest absolute Gasteiger partial charge is 0.512 e. The van der Waals surface area contributed by atoms with Gasteiger partial charge >= 0.3 is 6.16 Å². The second kappa shape index (κ2) is 8.48. The first-order valence-corrected chi connectivity index (χ1v) is 9.98. The molecule has 0 radical (unpaired) electrons. The summed E-state index contributed by atoms with van der Waals surface area (Å²) in [5.74, 6) is 0.404. The van der Waals surface area contributed by atoms with Crippen LogP contribution in [0.4, 0.5) is 10.5 Å². The molecule has 1 atom stereocenters. The van der Waals surface area contributed by atoms with Gasteiger partial charge in [0.1, 0.15) is 0 Å². The molecule has 2 aliphatic rings. The van der Waals surface area contributed by atoms with Crippen LogP contribution in [0.25, 0.3) is 0 Å². The van der Waals surface area contributed by atoms with E-state index in [1.165, 1.54) is 24.0 Å². The zero-order chi connectivity index (χ0) is 19.3. The number of carboxylic acid groups (broad SMARTS) is 1. The molecule has 1 N–H and O–H groups in total. The summed E-state index contributed by atoms with van der Waals surface area (Å²) in [5, 5.41) is 9.29. The van der Waals surface area contributed by atoms with Crippen molar-refractivity contribution in [1.29, 1.82) is 0 Å². The van der Waals surface area contributed by atoms with Gasteiger partial charge in [-0.25, -0.2) is 4.79 Å². The SMILES string of the molecule is O=C(O)OC1=CCc2ccccc2N1C(CCN1CCCC1)c1ccccc1. The maximum atomic E-state index is 11.4. The van der Waals surface area contributed by atoms with Gasteiger partial charge in [0.25, 0.3) is 0 Å². The Morgan fingerprint density at radius 1 is 1.04 bits per heavy atom. The first-order valence-electron chi connectivity index (χ1n) is 9.98. The fraction of sp³-hybridized carbons (Fsp3) is 0.348. The highest BCUT2D eigenvalue weighted by Crippen LogP contribution is 2.39. The van der Waals surface area contributed by atoms with Gasteiger partial charge in [-0.3, -0.25) is 0 Å². The van der Waals surface area contributed by atoms with Gasteiger partial charge in [0, 0.05) is 12.2 Å². The van der Waals surface area contributed by atoms with Crippen LogP contribution in [0.2, 0.25) is 0 Å². The minimum absolute atomic E-state index is 0.00819. The van der Waals surface area contributed by atoms with Crippen molar-refractivity contribution in [3.63, 3.8) is 0 Å². The number of benzene rings is 2. The molecule has 2 heterocycles. The molecule has 1 saturated heterocycles. The Morgan fingerprint density at radius 3 is 2.50 bits per heavy atom. The molecule has 0 aliphatic carbocycles. The van der Waals surface area contributed by atoms with Crippen LogP contribution in [-0.4, -0.2) is 35.8 Å². The minimum atomic E-state index is -1.28. The number of hydrogen-bond acceptors (Lipinski definition) is 4. The van der Waals surface area contributed by atoms with E-state index < -0.39 is 6.16 Å². The van der Waals surface area contributed by atoms with Crippen LogP contribution in [0.3, 0.4) is 0 Å². The lowest BCUT2D eigenvalue weighted by Gasteiger charge is -2.38. The summed E-state index contributed by atoms with van der Waals surface area (Å²) in [6, 6.07) is 18.5. The quantitative estimate of drug-likeness (QED) is 0.731. The summed E-state index contributed by atoms with van der Waals surface area (Å²) < 4.78 is 5.22. The normalized spacial score (nSPS) is 17.7. The zero-order valence-electron chi connectivity index (χ0n) is 16.0. The lowest BCUT2D eigenvalue weighted by molar-refractivity contribution is 0.114. The number of allylic oxidation sites excluding steroid dienone is 1. The fourth-order valence-corrected chi connectivity index (χ4v) is 4.27. The van der Waals surface area contributed by atoms with Crippen LogP contribution in [-0.2, 0) is 11.2 Å². The Hall–Kier alpha value is -2.79. The maximum Gasteiger partial charge on any atom is 0.512 e. The predicted octanol–water partition coefficient (Wildman–Crippen LogP) is 4.81. The molecule has 0 spiro atoms. The number of anilines is 1. The van der Waals surface area contributed by atoms with Gasteiger partial charge in [-0.15, -0.1) is 0 Å². The monoisotopic (exact) mass is 378 g/mol. The number of hydrogen-bond donors (Lipinski definition) is 1. The molecule has 1 fully saturated rings. The fourth-order valence-electron chi connectivity index (χ4n) is 4.27. The topological polar surface area (TPSA) is 53.0 Å². The summed E-state index contributed by atoms with van der Waals surface area (Å²) in [6.45, 7) is 3.28. The number of para-hydroxylation sites is 1. The maximum absolute atomic E-state index is 11.4. The molecular weight excluding hydrogens is 352 g/mol. The highest BCUT2D eigenvalue weighted by molar-refractivity contribution is 5.66. The molecule has 146 valence electrons. The van der Waals surface area contributed by atoms with Gasteiger partial charge < -0.3 is 19.6 Å². The first-order chi connectivity index (χ1) is 13.7. The van der Waals surface area contributed by atoms with E-state index in [1.54, 1.807) is 0 Å². The standard InChI is InChI=1S/C23H26N2O3/c26-23(27)28-22-13-12-19-10-4-5-11-20(19)25(22)21(18-8-2-1-3-9-18)14-17-24-15-6-7-16-24/h1-5,8-11,13,21H,6-7,12,14-17H2,(H,26,27). The van der Waals surface area contributed by atoms with Crippen molar-refractivity contribution in [2.75, 3.05) is 24.5 Å². The van der Waals surface area contributed by atoms with Gasteiger partial charge in [0.05, 0.1) is 6.04 Å². The third kappa shape index (κ3) is 4.04. The Kier molecular flexibility index (Phi) is 5.63. The van der Waals surface area contributed by atoms with Crippen LogP contribution in [0.15, 0.2) is 66.6 Å².